The Morgan fingerprint density at radius 1 is 0.826 bits per heavy atom. The van der Waals surface area contributed by atoms with Gasteiger partial charge in [0, 0.05) is 0 Å². The lowest BCUT2D eigenvalue weighted by Crippen LogP contribution is -2.26. The molecule has 1 aliphatic rings. The highest BCUT2D eigenvalue weighted by molar-refractivity contribution is 5.84. The van der Waals surface area contributed by atoms with Crippen LogP contribution in [0.15, 0.2) is 60.2 Å². The minimum atomic E-state index is -4.35. The lowest BCUT2D eigenvalue weighted by atomic mass is 9.88. The van der Waals surface area contributed by atoms with Crippen LogP contribution < -0.4 is 5.32 Å². The van der Waals surface area contributed by atoms with Gasteiger partial charge in [0.25, 0.3) is 0 Å². The molecule has 0 aromatic heterocycles. The number of rotatable bonds is 2. The number of allylic oxidation sites excluding steroid dienone is 1. The van der Waals surface area contributed by atoms with E-state index in [1.54, 1.807) is 24.3 Å². The van der Waals surface area contributed by atoms with Gasteiger partial charge >= 0.3 is 6.18 Å². The van der Waals surface area contributed by atoms with Crippen LogP contribution in [0.2, 0.25) is 0 Å². The largest absolute Gasteiger partial charge is 0.416 e. The molecular formula is C19H18F3N. The van der Waals surface area contributed by atoms with Gasteiger partial charge in [-0.3, -0.25) is 0 Å². The molecule has 1 fully saturated rings. The van der Waals surface area contributed by atoms with Crippen LogP contribution in [0, 0.1) is 0 Å². The summed E-state index contributed by atoms with van der Waals surface area (Å²) >= 11 is 0. The zero-order valence-corrected chi connectivity index (χ0v) is 12.7. The Morgan fingerprint density at radius 2 is 1.43 bits per heavy atom. The van der Waals surface area contributed by atoms with E-state index in [4.69, 9.17) is 0 Å². The van der Waals surface area contributed by atoms with Crippen molar-refractivity contribution < 1.29 is 13.2 Å². The van der Waals surface area contributed by atoms with E-state index in [0.29, 0.717) is 37.1 Å². The number of benzene rings is 2. The van der Waals surface area contributed by atoms with Crippen LogP contribution >= 0.6 is 0 Å². The molecule has 0 spiro atoms. The van der Waals surface area contributed by atoms with Crippen molar-refractivity contribution in [2.75, 3.05) is 13.1 Å². The minimum Gasteiger partial charge on any atom is -0.316 e. The van der Waals surface area contributed by atoms with Crippen molar-refractivity contribution in [3.05, 3.63) is 65.7 Å². The maximum Gasteiger partial charge on any atom is 0.416 e. The summed E-state index contributed by atoms with van der Waals surface area (Å²) in [5.41, 5.74) is 1.76. The number of hydrogen-bond donors (Lipinski definition) is 1. The highest BCUT2D eigenvalue weighted by atomic mass is 19.4. The topological polar surface area (TPSA) is 12.0 Å². The van der Waals surface area contributed by atoms with Gasteiger partial charge in [-0.1, -0.05) is 60.2 Å². The van der Waals surface area contributed by atoms with Gasteiger partial charge in [0.15, 0.2) is 0 Å². The lowest BCUT2D eigenvalue weighted by Gasteiger charge is -2.24. The van der Waals surface area contributed by atoms with Gasteiger partial charge in [0.2, 0.25) is 0 Å². The van der Waals surface area contributed by atoms with Crippen molar-refractivity contribution in [1.29, 1.82) is 0 Å². The lowest BCUT2D eigenvalue weighted by molar-refractivity contribution is -0.0696. The molecule has 2 aromatic carbocycles. The number of piperidine rings is 1. The van der Waals surface area contributed by atoms with E-state index in [-0.39, 0.29) is 5.56 Å². The van der Waals surface area contributed by atoms with Crippen molar-refractivity contribution in [3.63, 3.8) is 0 Å². The maximum absolute atomic E-state index is 13.8. The van der Waals surface area contributed by atoms with Gasteiger partial charge in [0.1, 0.15) is 0 Å². The predicted octanol–water partition coefficient (Wildman–Crippen LogP) is 5.05. The molecule has 0 radical (unpaired) electrons. The van der Waals surface area contributed by atoms with E-state index in [1.807, 2.05) is 30.3 Å². The van der Waals surface area contributed by atoms with Gasteiger partial charge in [-0.2, -0.15) is 13.2 Å². The summed E-state index contributed by atoms with van der Waals surface area (Å²) in [7, 11) is 0. The smallest absolute Gasteiger partial charge is 0.316 e. The van der Waals surface area contributed by atoms with Crippen molar-refractivity contribution in [2.24, 2.45) is 0 Å². The molecule has 1 aliphatic heterocycles. The summed E-state index contributed by atoms with van der Waals surface area (Å²) < 4.78 is 41.4. The van der Waals surface area contributed by atoms with E-state index in [9.17, 15) is 13.2 Å². The van der Waals surface area contributed by atoms with Crippen molar-refractivity contribution in [1.82, 2.24) is 5.32 Å². The second kappa shape index (κ2) is 6.59. The Kier molecular flexibility index (Phi) is 4.53. The number of alkyl halides is 3. The van der Waals surface area contributed by atoms with Gasteiger partial charge in [-0.25, -0.2) is 0 Å². The Labute approximate surface area is 133 Å². The first-order valence-electron chi connectivity index (χ1n) is 7.72. The molecular weight excluding hydrogens is 299 g/mol. The van der Waals surface area contributed by atoms with Crippen LogP contribution in [-0.4, -0.2) is 19.3 Å². The van der Waals surface area contributed by atoms with Gasteiger partial charge in [-0.05, 0) is 42.6 Å². The molecule has 0 bridgehead atoms. The predicted molar refractivity (Wildman–Crippen MR) is 87.0 cm³/mol. The summed E-state index contributed by atoms with van der Waals surface area (Å²) in [6.45, 7) is 1.20. The van der Waals surface area contributed by atoms with Crippen LogP contribution in [0.5, 0.6) is 0 Å². The molecule has 1 nitrogen and oxygen atoms in total. The summed E-state index contributed by atoms with van der Waals surface area (Å²) in [6, 6.07) is 16.1. The third kappa shape index (κ3) is 3.48. The molecule has 0 unspecified atom stereocenters. The minimum absolute atomic E-state index is 0.281. The second-order valence-electron chi connectivity index (χ2n) is 5.64. The van der Waals surface area contributed by atoms with Crippen molar-refractivity contribution >= 4 is 5.57 Å². The summed E-state index contributed by atoms with van der Waals surface area (Å²) in [6.07, 6.45) is -3.46. The fraction of sp³-hybridized carbons (Fsp3) is 0.263. The monoisotopic (exact) mass is 317 g/mol. The van der Waals surface area contributed by atoms with E-state index < -0.39 is 11.7 Å². The molecule has 0 aliphatic carbocycles. The van der Waals surface area contributed by atoms with Crippen molar-refractivity contribution in [2.45, 2.75) is 19.0 Å². The Balaban J connectivity index is 2.19. The van der Waals surface area contributed by atoms with Gasteiger partial charge in [0.05, 0.1) is 5.57 Å². The molecule has 2 aromatic rings. The second-order valence-corrected chi connectivity index (χ2v) is 5.64. The van der Waals surface area contributed by atoms with E-state index in [2.05, 4.69) is 5.32 Å². The quantitative estimate of drug-likeness (QED) is 0.817. The highest BCUT2D eigenvalue weighted by Gasteiger charge is 2.38. The van der Waals surface area contributed by atoms with Crippen LogP contribution in [0.4, 0.5) is 13.2 Å². The van der Waals surface area contributed by atoms with Gasteiger partial charge in [-0.15, -0.1) is 0 Å². The number of hydrogen-bond acceptors (Lipinski definition) is 1. The number of nitrogens with one attached hydrogen (secondary N) is 1. The average Bonchev–Trinajstić information content (AvgIpc) is 2.56. The molecule has 4 heteroatoms. The Hall–Kier alpha value is -2.07. The standard InChI is InChI=1S/C19H18F3N/c20-19(21,22)18(15-10-12-23-13-11-15)17-9-5-4-8-16(17)14-6-2-1-3-7-14/h1-9,23H,10-13H2. The number of halogens is 3. The van der Waals surface area contributed by atoms with E-state index in [1.165, 1.54) is 0 Å². The van der Waals surface area contributed by atoms with Crippen LogP contribution in [0.25, 0.3) is 16.7 Å². The Morgan fingerprint density at radius 3 is 2.09 bits per heavy atom. The van der Waals surface area contributed by atoms with E-state index in [0.717, 1.165) is 5.56 Å². The molecule has 3 rings (SSSR count). The molecule has 23 heavy (non-hydrogen) atoms. The molecule has 0 atom stereocenters. The average molecular weight is 317 g/mol. The first-order chi connectivity index (χ1) is 11.1. The fourth-order valence-corrected chi connectivity index (χ4v) is 3.09. The third-order valence-electron chi connectivity index (χ3n) is 4.13. The first-order valence-corrected chi connectivity index (χ1v) is 7.72. The van der Waals surface area contributed by atoms with Crippen molar-refractivity contribution in [3.8, 4) is 11.1 Å². The van der Waals surface area contributed by atoms with Crippen LogP contribution in [0.1, 0.15) is 18.4 Å². The van der Waals surface area contributed by atoms with Crippen LogP contribution in [-0.2, 0) is 0 Å². The fourth-order valence-electron chi connectivity index (χ4n) is 3.09. The molecule has 1 saturated heterocycles. The SMILES string of the molecule is FC(F)(F)C(=C1CCNCC1)c1ccccc1-c1ccccc1. The zero-order valence-electron chi connectivity index (χ0n) is 12.7. The maximum atomic E-state index is 13.8. The summed E-state index contributed by atoms with van der Waals surface area (Å²) in [4.78, 5) is 0. The first kappa shape index (κ1) is 15.8. The Bertz CT molecular complexity index is 694. The molecule has 0 amide bonds. The normalized spacial score (nSPS) is 15.5. The summed E-state index contributed by atoms with van der Waals surface area (Å²) in [5, 5.41) is 3.12. The molecule has 1 heterocycles. The zero-order chi connectivity index (χ0) is 16.3. The highest BCUT2D eigenvalue weighted by Crippen LogP contribution is 2.42. The third-order valence-corrected chi connectivity index (χ3v) is 4.13. The van der Waals surface area contributed by atoms with E-state index >= 15 is 0 Å². The van der Waals surface area contributed by atoms with Crippen LogP contribution in [0.3, 0.4) is 0 Å². The van der Waals surface area contributed by atoms with Gasteiger partial charge < -0.3 is 5.32 Å². The molecule has 120 valence electrons. The molecule has 0 saturated carbocycles. The summed E-state index contributed by atoms with van der Waals surface area (Å²) in [5.74, 6) is 0. The molecule has 1 N–H and O–H groups in total.